The Kier molecular flexibility index (Phi) is 10.3. The van der Waals surface area contributed by atoms with Crippen molar-refractivity contribution in [1.29, 1.82) is 0 Å². The maximum absolute atomic E-state index is 12.6. The zero-order valence-electron chi connectivity index (χ0n) is 25.5. The minimum absolute atomic E-state index is 0.0224. The standard InChI is InChI=1S/C33H41N3O6/c1-8-41-29-19-24(11-15-28(29)42-21-22-9-13-25(14-10-22)36(39)40)20-34-35-30(37)16-12-23-17-26(32(2,3)4)31(38)27(18-23)33(5,6)7/h9-11,13-15,17-20,38H,8,12,16,21H2,1-7H3,(H,35,37)/b34-20-. The van der Waals surface area contributed by atoms with Crippen LogP contribution in [-0.4, -0.2) is 28.8 Å². The van der Waals surface area contributed by atoms with Crippen molar-refractivity contribution in [2.24, 2.45) is 5.10 Å². The second kappa shape index (κ2) is 13.5. The monoisotopic (exact) mass is 575 g/mol. The van der Waals surface area contributed by atoms with Gasteiger partial charge in [0.15, 0.2) is 11.5 Å². The van der Waals surface area contributed by atoms with Crippen molar-refractivity contribution in [3.63, 3.8) is 0 Å². The number of amides is 1. The van der Waals surface area contributed by atoms with Crippen LogP contribution in [0.1, 0.15) is 82.7 Å². The number of nitro benzene ring substituents is 1. The first kappa shape index (κ1) is 32.1. The minimum atomic E-state index is -0.443. The highest BCUT2D eigenvalue weighted by atomic mass is 16.6. The lowest BCUT2D eigenvalue weighted by atomic mass is 9.78. The first-order chi connectivity index (χ1) is 19.7. The van der Waals surface area contributed by atoms with Crippen LogP contribution in [0.4, 0.5) is 5.69 Å². The maximum atomic E-state index is 12.6. The van der Waals surface area contributed by atoms with E-state index in [0.29, 0.717) is 35.8 Å². The Morgan fingerprint density at radius 3 is 2.10 bits per heavy atom. The average molecular weight is 576 g/mol. The molecule has 0 unspecified atom stereocenters. The van der Waals surface area contributed by atoms with E-state index in [1.165, 1.54) is 18.3 Å². The molecule has 0 spiro atoms. The smallest absolute Gasteiger partial charge is 0.269 e. The molecule has 2 N–H and O–H groups in total. The summed E-state index contributed by atoms with van der Waals surface area (Å²) >= 11 is 0. The Morgan fingerprint density at radius 2 is 1.55 bits per heavy atom. The number of aromatic hydroxyl groups is 1. The molecule has 0 saturated carbocycles. The topological polar surface area (TPSA) is 123 Å². The van der Waals surface area contributed by atoms with Gasteiger partial charge in [-0.15, -0.1) is 0 Å². The highest BCUT2D eigenvalue weighted by molar-refractivity contribution is 5.83. The zero-order valence-corrected chi connectivity index (χ0v) is 25.5. The third-order valence-electron chi connectivity index (χ3n) is 6.64. The van der Waals surface area contributed by atoms with E-state index in [4.69, 9.17) is 9.47 Å². The first-order valence-corrected chi connectivity index (χ1v) is 14.0. The summed E-state index contributed by atoms with van der Waals surface area (Å²) in [6.45, 7) is 14.9. The summed E-state index contributed by atoms with van der Waals surface area (Å²) in [5.74, 6) is 1.14. The van der Waals surface area contributed by atoms with E-state index in [1.54, 1.807) is 30.3 Å². The molecule has 0 saturated heterocycles. The Hall–Kier alpha value is -4.40. The second-order valence-corrected chi connectivity index (χ2v) is 12.2. The Bertz CT molecular complexity index is 1400. The molecular weight excluding hydrogens is 534 g/mol. The van der Waals surface area contributed by atoms with Crippen LogP contribution in [-0.2, 0) is 28.7 Å². The van der Waals surface area contributed by atoms with Crippen molar-refractivity contribution in [1.82, 2.24) is 5.43 Å². The van der Waals surface area contributed by atoms with Crippen LogP contribution < -0.4 is 14.9 Å². The van der Waals surface area contributed by atoms with Crippen LogP contribution in [0.2, 0.25) is 0 Å². The Morgan fingerprint density at radius 1 is 0.929 bits per heavy atom. The molecule has 0 bridgehead atoms. The zero-order chi connectivity index (χ0) is 31.1. The summed E-state index contributed by atoms with van der Waals surface area (Å²) < 4.78 is 11.6. The lowest BCUT2D eigenvalue weighted by Gasteiger charge is -2.28. The number of aryl methyl sites for hydroxylation is 1. The molecule has 3 aromatic carbocycles. The lowest BCUT2D eigenvalue weighted by Crippen LogP contribution is -2.20. The van der Waals surface area contributed by atoms with Gasteiger partial charge in [-0.2, -0.15) is 5.10 Å². The van der Waals surface area contributed by atoms with Gasteiger partial charge in [0.05, 0.1) is 17.7 Å². The molecule has 0 heterocycles. The lowest BCUT2D eigenvalue weighted by molar-refractivity contribution is -0.384. The number of nitrogens with zero attached hydrogens (tertiary/aromatic N) is 2. The Labute approximate surface area is 247 Å². The predicted molar refractivity (Wildman–Crippen MR) is 165 cm³/mol. The summed E-state index contributed by atoms with van der Waals surface area (Å²) in [5, 5.41) is 25.9. The molecule has 9 heteroatoms. The van der Waals surface area contributed by atoms with Gasteiger partial charge in [-0.05, 0) is 82.3 Å². The number of benzene rings is 3. The van der Waals surface area contributed by atoms with Crippen LogP contribution in [0.15, 0.2) is 59.7 Å². The van der Waals surface area contributed by atoms with Crippen LogP contribution in [0.5, 0.6) is 17.2 Å². The summed E-state index contributed by atoms with van der Waals surface area (Å²) in [6.07, 6.45) is 2.30. The number of carbonyl (C=O) groups excluding carboxylic acids is 1. The number of phenols is 1. The normalized spacial score (nSPS) is 11.9. The number of hydrogen-bond donors (Lipinski definition) is 2. The molecule has 0 fully saturated rings. The number of hydrogen-bond acceptors (Lipinski definition) is 7. The van der Waals surface area contributed by atoms with Gasteiger partial charge in [0.2, 0.25) is 5.91 Å². The van der Waals surface area contributed by atoms with Gasteiger partial charge in [-0.1, -0.05) is 53.7 Å². The van der Waals surface area contributed by atoms with Crippen LogP contribution in [0.3, 0.4) is 0 Å². The molecule has 0 aromatic heterocycles. The quantitative estimate of drug-likeness (QED) is 0.145. The van der Waals surface area contributed by atoms with E-state index < -0.39 is 4.92 Å². The highest BCUT2D eigenvalue weighted by Gasteiger charge is 2.26. The SMILES string of the molecule is CCOc1cc(/C=N\NC(=O)CCc2cc(C(C)(C)C)c(O)c(C(C)(C)C)c2)ccc1OCc1ccc([N+](=O)[O-])cc1. The van der Waals surface area contributed by atoms with Crippen LogP contribution in [0, 0.1) is 10.1 Å². The molecule has 3 rings (SSSR count). The molecule has 3 aromatic rings. The van der Waals surface area contributed by atoms with Crippen molar-refractivity contribution in [2.75, 3.05) is 6.61 Å². The second-order valence-electron chi connectivity index (χ2n) is 12.2. The number of hydrazone groups is 1. The largest absolute Gasteiger partial charge is 0.507 e. The fourth-order valence-corrected chi connectivity index (χ4v) is 4.34. The third kappa shape index (κ3) is 8.80. The van der Waals surface area contributed by atoms with Gasteiger partial charge in [0.25, 0.3) is 5.69 Å². The first-order valence-electron chi connectivity index (χ1n) is 14.0. The van der Waals surface area contributed by atoms with Crippen LogP contribution in [0.25, 0.3) is 0 Å². The highest BCUT2D eigenvalue weighted by Crippen LogP contribution is 2.40. The average Bonchev–Trinajstić information content (AvgIpc) is 2.91. The van der Waals surface area contributed by atoms with E-state index in [9.17, 15) is 20.0 Å². The van der Waals surface area contributed by atoms with Crippen molar-refractivity contribution in [2.45, 2.75) is 78.7 Å². The summed E-state index contributed by atoms with van der Waals surface area (Å²) in [4.78, 5) is 23.0. The van der Waals surface area contributed by atoms with Gasteiger partial charge in [-0.3, -0.25) is 14.9 Å². The van der Waals surface area contributed by atoms with Crippen molar-refractivity contribution >= 4 is 17.8 Å². The molecule has 0 aliphatic rings. The van der Waals surface area contributed by atoms with Gasteiger partial charge >= 0.3 is 0 Å². The number of rotatable bonds is 11. The number of phenolic OH excluding ortho intramolecular Hbond substituents is 1. The van der Waals surface area contributed by atoms with E-state index in [0.717, 1.165) is 22.3 Å². The van der Waals surface area contributed by atoms with Crippen molar-refractivity contribution in [3.05, 3.63) is 92.5 Å². The molecule has 0 aliphatic carbocycles. The van der Waals surface area contributed by atoms with Gasteiger partial charge in [0.1, 0.15) is 12.4 Å². The van der Waals surface area contributed by atoms with E-state index in [1.807, 2.05) is 19.1 Å². The summed E-state index contributed by atoms with van der Waals surface area (Å²) in [5.41, 5.74) is 6.36. The summed E-state index contributed by atoms with van der Waals surface area (Å²) in [7, 11) is 0. The fraction of sp³-hybridized carbons (Fsp3) is 0.394. The number of non-ortho nitro benzene ring substituents is 1. The maximum Gasteiger partial charge on any atom is 0.269 e. The van der Waals surface area contributed by atoms with E-state index in [-0.39, 0.29) is 35.5 Å². The Balaban J connectivity index is 1.62. The number of nitrogens with one attached hydrogen (secondary N) is 1. The van der Waals surface area contributed by atoms with E-state index >= 15 is 0 Å². The molecule has 42 heavy (non-hydrogen) atoms. The summed E-state index contributed by atoms with van der Waals surface area (Å²) in [6, 6.07) is 15.5. The van der Waals surface area contributed by atoms with E-state index in [2.05, 4.69) is 52.1 Å². The van der Waals surface area contributed by atoms with Gasteiger partial charge in [-0.25, -0.2) is 5.43 Å². The molecule has 1 amide bonds. The molecule has 224 valence electrons. The fourth-order valence-electron chi connectivity index (χ4n) is 4.34. The van der Waals surface area contributed by atoms with Gasteiger partial charge < -0.3 is 14.6 Å². The number of ether oxygens (including phenoxy) is 2. The van der Waals surface area contributed by atoms with Crippen LogP contribution >= 0.6 is 0 Å². The van der Waals surface area contributed by atoms with Crippen molar-refractivity contribution in [3.8, 4) is 17.2 Å². The van der Waals surface area contributed by atoms with Crippen molar-refractivity contribution < 1.29 is 24.3 Å². The number of carbonyl (C=O) groups is 1. The third-order valence-corrected chi connectivity index (χ3v) is 6.64. The molecule has 0 aliphatic heterocycles. The number of nitro groups is 1. The molecule has 9 nitrogen and oxygen atoms in total. The minimum Gasteiger partial charge on any atom is -0.507 e. The molecule has 0 atom stereocenters. The molecular formula is C33H41N3O6. The van der Waals surface area contributed by atoms with Gasteiger partial charge in [0, 0.05) is 18.6 Å². The predicted octanol–water partition coefficient (Wildman–Crippen LogP) is 6.96. The molecule has 0 radical (unpaired) electrons.